The van der Waals surface area contributed by atoms with Crippen molar-refractivity contribution in [2.75, 3.05) is 53.1 Å². The van der Waals surface area contributed by atoms with Crippen LogP contribution in [0.5, 0.6) is 11.5 Å². The monoisotopic (exact) mass is 630 g/mol. The number of benzene rings is 3. The molecule has 2 saturated heterocycles. The van der Waals surface area contributed by atoms with Crippen molar-refractivity contribution in [2.45, 2.75) is 19.3 Å². The van der Waals surface area contributed by atoms with Crippen LogP contribution in [-0.2, 0) is 16.0 Å². The molecule has 3 heterocycles. The molecule has 1 aromatic heterocycles. The zero-order chi connectivity index (χ0) is 30.3. The normalized spacial score (nSPS) is 16.8. The van der Waals surface area contributed by atoms with Gasteiger partial charge in [-0.2, -0.15) is 5.21 Å². The molecular formula is C32H34N6O4S2. The summed E-state index contributed by atoms with van der Waals surface area (Å²) in [6.45, 7) is 5.20. The fraction of sp³-hybridized carbons (Fsp3) is 0.344. The Morgan fingerprint density at radius 2 is 1.82 bits per heavy atom. The molecular weight excluding hydrogens is 597 g/mol. The predicted molar refractivity (Wildman–Crippen MR) is 176 cm³/mol. The second-order valence-electron chi connectivity index (χ2n) is 10.6. The summed E-state index contributed by atoms with van der Waals surface area (Å²) in [4.78, 5) is 18.1. The van der Waals surface area contributed by atoms with Crippen LogP contribution in [0.2, 0.25) is 0 Å². The Kier molecular flexibility index (Phi) is 9.81. The third kappa shape index (κ3) is 7.27. The van der Waals surface area contributed by atoms with Gasteiger partial charge in [0.05, 0.1) is 25.2 Å². The van der Waals surface area contributed by atoms with Crippen LogP contribution in [0, 0.1) is 0 Å². The van der Waals surface area contributed by atoms with Gasteiger partial charge in [0.15, 0.2) is 5.82 Å². The molecule has 12 heteroatoms. The van der Waals surface area contributed by atoms with Gasteiger partial charge in [0.2, 0.25) is 0 Å². The fourth-order valence-electron chi connectivity index (χ4n) is 5.29. The van der Waals surface area contributed by atoms with Crippen molar-refractivity contribution in [1.29, 1.82) is 0 Å². The maximum absolute atomic E-state index is 13.5. The highest BCUT2D eigenvalue weighted by molar-refractivity contribution is 8.26. The van der Waals surface area contributed by atoms with Crippen molar-refractivity contribution in [3.63, 3.8) is 0 Å². The van der Waals surface area contributed by atoms with E-state index in [4.69, 9.17) is 26.4 Å². The number of carbonyl (C=O) groups excluding carboxylic acids is 1. The number of methoxy groups -OCH3 is 1. The van der Waals surface area contributed by atoms with E-state index < -0.39 is 0 Å². The SMILES string of the molecule is COc1ccc2cc(-c3ccc(OCCN4CCOCC4)c(/C=C4\SC(=S)N(CCCCc5nn[nH]n5)C4=O)c3)ccc2c1. The number of rotatable bonds is 12. The van der Waals surface area contributed by atoms with E-state index in [1.165, 1.54) is 11.8 Å². The number of morpholine rings is 1. The van der Waals surface area contributed by atoms with Gasteiger partial charge >= 0.3 is 0 Å². The maximum Gasteiger partial charge on any atom is 0.266 e. The lowest BCUT2D eigenvalue weighted by Gasteiger charge is -2.26. The van der Waals surface area contributed by atoms with Gasteiger partial charge in [0.25, 0.3) is 5.91 Å². The van der Waals surface area contributed by atoms with Gasteiger partial charge in [-0.15, -0.1) is 10.2 Å². The number of aromatic nitrogens is 4. The summed E-state index contributed by atoms with van der Waals surface area (Å²) in [6, 6.07) is 18.6. The molecule has 2 aliphatic rings. The molecule has 0 spiro atoms. The van der Waals surface area contributed by atoms with Crippen molar-refractivity contribution in [2.24, 2.45) is 0 Å². The first kappa shape index (κ1) is 30.2. The molecule has 4 aromatic rings. The van der Waals surface area contributed by atoms with Crippen LogP contribution in [0.1, 0.15) is 24.2 Å². The Morgan fingerprint density at radius 1 is 1.02 bits per heavy atom. The van der Waals surface area contributed by atoms with Crippen LogP contribution in [0.4, 0.5) is 0 Å². The van der Waals surface area contributed by atoms with Gasteiger partial charge in [-0.3, -0.25) is 14.6 Å². The average Bonchev–Trinajstić information content (AvgIpc) is 3.67. The van der Waals surface area contributed by atoms with Gasteiger partial charge in [0.1, 0.15) is 22.4 Å². The second kappa shape index (κ2) is 14.3. The Labute approximate surface area is 265 Å². The number of nitrogens with zero attached hydrogens (tertiary/aromatic N) is 5. The molecule has 228 valence electrons. The summed E-state index contributed by atoms with van der Waals surface area (Å²) in [6.07, 6.45) is 4.23. The number of hydrogen-bond acceptors (Lipinski definition) is 10. The van der Waals surface area contributed by atoms with Crippen molar-refractivity contribution < 1.29 is 19.0 Å². The smallest absolute Gasteiger partial charge is 0.266 e. The minimum Gasteiger partial charge on any atom is -0.497 e. The molecule has 6 rings (SSSR count). The first-order valence-corrected chi connectivity index (χ1v) is 15.9. The summed E-state index contributed by atoms with van der Waals surface area (Å²) in [5, 5.41) is 16.3. The van der Waals surface area contributed by atoms with Gasteiger partial charge in [-0.1, -0.05) is 53.5 Å². The van der Waals surface area contributed by atoms with Crippen molar-refractivity contribution in [1.82, 2.24) is 30.4 Å². The summed E-state index contributed by atoms with van der Waals surface area (Å²) in [5.74, 6) is 2.15. The summed E-state index contributed by atoms with van der Waals surface area (Å²) >= 11 is 6.95. The highest BCUT2D eigenvalue weighted by atomic mass is 32.2. The minimum atomic E-state index is -0.0797. The quantitative estimate of drug-likeness (QED) is 0.131. The Bertz CT molecular complexity index is 1660. The summed E-state index contributed by atoms with van der Waals surface area (Å²) in [5.41, 5.74) is 2.95. The highest BCUT2D eigenvalue weighted by Gasteiger charge is 2.31. The number of thioether (sulfide) groups is 1. The third-order valence-electron chi connectivity index (χ3n) is 7.74. The molecule has 0 aliphatic carbocycles. The number of hydrogen-bond donors (Lipinski definition) is 1. The molecule has 0 radical (unpaired) electrons. The standard InChI is InChI=1S/C32H34N6O4S2/c1-40-27-9-7-23-18-22(5-6-25(23)20-27)24-8-10-28(42-17-14-37-12-15-41-16-13-37)26(19-24)21-29-31(39)38(32(43)44-29)11-3-2-4-30-33-35-36-34-30/h5-10,18-21H,2-4,11-17H2,1H3,(H,33,34,35,36)/b29-21-. The Morgan fingerprint density at radius 3 is 2.64 bits per heavy atom. The number of ether oxygens (including phenoxy) is 3. The van der Waals surface area contributed by atoms with E-state index in [0.29, 0.717) is 34.6 Å². The van der Waals surface area contributed by atoms with E-state index in [0.717, 1.165) is 84.7 Å². The fourth-order valence-corrected chi connectivity index (χ4v) is 6.59. The van der Waals surface area contributed by atoms with E-state index in [1.807, 2.05) is 24.3 Å². The summed E-state index contributed by atoms with van der Waals surface area (Å²) < 4.78 is 17.7. The number of unbranched alkanes of at least 4 members (excludes halogenated alkanes) is 1. The van der Waals surface area contributed by atoms with Crippen LogP contribution in [0.3, 0.4) is 0 Å². The molecule has 44 heavy (non-hydrogen) atoms. The molecule has 2 aliphatic heterocycles. The largest absolute Gasteiger partial charge is 0.497 e. The van der Waals surface area contributed by atoms with E-state index in [9.17, 15) is 4.79 Å². The zero-order valence-electron chi connectivity index (χ0n) is 24.5. The van der Waals surface area contributed by atoms with Crippen molar-refractivity contribution in [3.05, 3.63) is 70.9 Å². The second-order valence-corrected chi connectivity index (χ2v) is 12.3. The first-order valence-electron chi connectivity index (χ1n) is 14.7. The number of aromatic amines is 1. The number of carbonyl (C=O) groups is 1. The number of H-pyrrole nitrogens is 1. The number of thiocarbonyl (C=S) groups is 1. The number of tetrazole rings is 1. The lowest BCUT2D eigenvalue weighted by molar-refractivity contribution is -0.122. The maximum atomic E-state index is 13.5. The number of fused-ring (bicyclic) bond motifs is 1. The molecule has 1 amide bonds. The van der Waals surface area contributed by atoms with Gasteiger partial charge in [-0.05, 0) is 71.1 Å². The van der Waals surface area contributed by atoms with Gasteiger partial charge in [0, 0.05) is 38.2 Å². The average molecular weight is 631 g/mol. The van der Waals surface area contributed by atoms with Crippen molar-refractivity contribution >= 4 is 51.1 Å². The zero-order valence-corrected chi connectivity index (χ0v) is 26.2. The lowest BCUT2D eigenvalue weighted by atomic mass is 9.99. The third-order valence-corrected chi connectivity index (χ3v) is 9.12. The van der Waals surface area contributed by atoms with E-state index in [1.54, 1.807) is 12.0 Å². The minimum absolute atomic E-state index is 0.0797. The number of aryl methyl sites for hydroxylation is 1. The molecule has 1 N–H and O–H groups in total. The molecule has 0 unspecified atom stereocenters. The Hall–Kier alpha value is -3.84. The van der Waals surface area contributed by atoms with Crippen LogP contribution < -0.4 is 9.47 Å². The first-order chi connectivity index (χ1) is 21.6. The highest BCUT2D eigenvalue weighted by Crippen LogP contribution is 2.36. The van der Waals surface area contributed by atoms with Gasteiger partial charge < -0.3 is 14.2 Å². The summed E-state index contributed by atoms with van der Waals surface area (Å²) in [7, 11) is 1.67. The lowest BCUT2D eigenvalue weighted by Crippen LogP contribution is -2.38. The molecule has 3 aromatic carbocycles. The number of amides is 1. The van der Waals surface area contributed by atoms with Crippen LogP contribution in [0.25, 0.3) is 28.0 Å². The van der Waals surface area contributed by atoms with E-state index in [2.05, 4.69) is 61.9 Å². The number of nitrogens with one attached hydrogen (secondary N) is 1. The molecule has 0 bridgehead atoms. The van der Waals surface area contributed by atoms with Crippen LogP contribution in [0.15, 0.2) is 59.5 Å². The molecule has 0 atom stereocenters. The van der Waals surface area contributed by atoms with Gasteiger partial charge in [-0.25, -0.2) is 0 Å². The molecule has 10 nitrogen and oxygen atoms in total. The predicted octanol–water partition coefficient (Wildman–Crippen LogP) is 4.96. The van der Waals surface area contributed by atoms with Crippen LogP contribution in [-0.4, -0.2) is 93.8 Å². The van der Waals surface area contributed by atoms with E-state index in [-0.39, 0.29) is 5.91 Å². The molecule has 2 fully saturated rings. The topological polar surface area (TPSA) is 106 Å². The van der Waals surface area contributed by atoms with Crippen molar-refractivity contribution in [3.8, 4) is 22.6 Å². The van der Waals surface area contributed by atoms with Crippen LogP contribution >= 0.6 is 24.0 Å². The Balaban J connectivity index is 1.22. The van der Waals surface area contributed by atoms with E-state index >= 15 is 0 Å². The molecule has 0 saturated carbocycles.